The van der Waals surface area contributed by atoms with Gasteiger partial charge in [-0.15, -0.1) is 10.2 Å². The van der Waals surface area contributed by atoms with Gasteiger partial charge in [-0.1, -0.05) is 65.7 Å². The van der Waals surface area contributed by atoms with Crippen LogP contribution in [0.25, 0.3) is 11.3 Å². The van der Waals surface area contributed by atoms with E-state index in [1.54, 1.807) is 30.3 Å². The van der Waals surface area contributed by atoms with Gasteiger partial charge in [0.05, 0.1) is 16.3 Å². The highest BCUT2D eigenvalue weighted by atomic mass is 35.5. The van der Waals surface area contributed by atoms with Gasteiger partial charge in [0.2, 0.25) is 5.95 Å². The molecule has 2 aromatic carbocycles. The average molecular weight is 360 g/mol. The van der Waals surface area contributed by atoms with Crippen molar-refractivity contribution in [2.75, 3.05) is 5.43 Å². The molecule has 24 heavy (non-hydrogen) atoms. The molecule has 0 saturated heterocycles. The van der Waals surface area contributed by atoms with Crippen molar-refractivity contribution in [1.29, 1.82) is 0 Å². The number of hydrogen-bond donors (Lipinski definition) is 2. The van der Waals surface area contributed by atoms with E-state index in [-0.39, 0.29) is 17.2 Å². The highest BCUT2D eigenvalue weighted by molar-refractivity contribution is 6.43. The summed E-state index contributed by atoms with van der Waals surface area (Å²) in [7, 11) is 0. The van der Waals surface area contributed by atoms with Crippen molar-refractivity contribution in [3.05, 3.63) is 74.5 Å². The SMILES string of the molecule is O=c1[nH]c(N/N=C/c2cccc(Cl)c2Cl)nnc1-c1ccccc1. The molecule has 3 rings (SSSR count). The minimum absolute atomic E-state index is 0.120. The van der Waals surface area contributed by atoms with Crippen molar-refractivity contribution in [3.63, 3.8) is 0 Å². The van der Waals surface area contributed by atoms with Crippen LogP contribution in [0.2, 0.25) is 10.0 Å². The molecule has 1 heterocycles. The molecule has 6 nitrogen and oxygen atoms in total. The molecular formula is C16H11Cl2N5O. The van der Waals surface area contributed by atoms with E-state index in [9.17, 15) is 4.79 Å². The number of anilines is 1. The van der Waals surface area contributed by atoms with Gasteiger partial charge in [-0.2, -0.15) is 5.10 Å². The molecule has 0 atom stereocenters. The van der Waals surface area contributed by atoms with Crippen LogP contribution in [0.15, 0.2) is 58.4 Å². The second-order valence-corrected chi connectivity index (χ2v) is 5.52. The molecule has 0 fully saturated rings. The maximum absolute atomic E-state index is 12.1. The molecule has 0 spiro atoms. The maximum atomic E-state index is 12.1. The second kappa shape index (κ2) is 7.25. The van der Waals surface area contributed by atoms with Crippen LogP contribution < -0.4 is 11.0 Å². The van der Waals surface area contributed by atoms with E-state index >= 15 is 0 Å². The van der Waals surface area contributed by atoms with Crippen LogP contribution in [0.3, 0.4) is 0 Å². The first-order valence-corrected chi connectivity index (χ1v) is 7.66. The monoisotopic (exact) mass is 359 g/mol. The third kappa shape index (κ3) is 3.61. The minimum Gasteiger partial charge on any atom is -0.288 e. The minimum atomic E-state index is -0.366. The van der Waals surface area contributed by atoms with Crippen LogP contribution in [0.4, 0.5) is 5.95 Å². The molecule has 0 unspecified atom stereocenters. The Morgan fingerprint density at radius 1 is 1.04 bits per heavy atom. The van der Waals surface area contributed by atoms with E-state index in [0.717, 1.165) is 0 Å². The van der Waals surface area contributed by atoms with Gasteiger partial charge in [-0.05, 0) is 6.07 Å². The fourth-order valence-electron chi connectivity index (χ4n) is 1.96. The number of nitrogens with one attached hydrogen (secondary N) is 2. The summed E-state index contributed by atoms with van der Waals surface area (Å²) >= 11 is 12.0. The molecule has 2 N–H and O–H groups in total. The number of H-pyrrole nitrogens is 1. The normalized spacial score (nSPS) is 10.9. The molecule has 120 valence electrons. The van der Waals surface area contributed by atoms with Crippen LogP contribution in [0.1, 0.15) is 5.56 Å². The van der Waals surface area contributed by atoms with Crippen molar-refractivity contribution >= 4 is 35.4 Å². The van der Waals surface area contributed by atoms with E-state index in [0.29, 0.717) is 21.2 Å². The Bertz CT molecular complexity index is 941. The fourth-order valence-corrected chi connectivity index (χ4v) is 2.31. The van der Waals surface area contributed by atoms with E-state index in [4.69, 9.17) is 23.2 Å². The van der Waals surface area contributed by atoms with Crippen molar-refractivity contribution in [3.8, 4) is 11.3 Å². The van der Waals surface area contributed by atoms with Gasteiger partial charge in [0, 0.05) is 11.1 Å². The third-order valence-electron chi connectivity index (χ3n) is 3.10. The summed E-state index contributed by atoms with van der Waals surface area (Å²) in [4.78, 5) is 14.7. The van der Waals surface area contributed by atoms with E-state index < -0.39 is 0 Å². The summed E-state index contributed by atoms with van der Waals surface area (Å²) in [5, 5.41) is 12.6. The van der Waals surface area contributed by atoms with E-state index in [1.807, 2.05) is 18.2 Å². The van der Waals surface area contributed by atoms with Crippen molar-refractivity contribution in [2.24, 2.45) is 5.10 Å². The highest BCUT2D eigenvalue weighted by Gasteiger charge is 2.06. The molecule has 0 radical (unpaired) electrons. The summed E-state index contributed by atoms with van der Waals surface area (Å²) in [6.07, 6.45) is 1.47. The van der Waals surface area contributed by atoms with Crippen LogP contribution >= 0.6 is 23.2 Å². The molecule has 0 amide bonds. The smallest absolute Gasteiger partial charge is 0.279 e. The number of hydrazone groups is 1. The van der Waals surface area contributed by atoms with Gasteiger partial charge in [0.25, 0.3) is 5.56 Å². The standard InChI is InChI=1S/C16H11Cl2N5O/c17-12-8-4-7-11(13(12)18)9-19-22-16-20-15(24)14(21-23-16)10-5-2-1-3-6-10/h1-9H,(H2,20,22,23,24)/b19-9+. The zero-order chi connectivity index (χ0) is 16.9. The molecule has 0 bridgehead atoms. The van der Waals surface area contributed by atoms with Crippen LogP contribution in [0, 0.1) is 0 Å². The third-order valence-corrected chi connectivity index (χ3v) is 3.93. The van der Waals surface area contributed by atoms with Crippen molar-refractivity contribution < 1.29 is 0 Å². The number of aromatic nitrogens is 3. The lowest BCUT2D eigenvalue weighted by atomic mass is 10.2. The first kappa shape index (κ1) is 16.2. The Hall–Kier alpha value is -2.70. The van der Waals surface area contributed by atoms with Gasteiger partial charge in [-0.25, -0.2) is 5.43 Å². The fraction of sp³-hybridized carbons (Fsp3) is 0. The molecule has 1 aromatic heterocycles. The highest BCUT2D eigenvalue weighted by Crippen LogP contribution is 2.24. The molecule has 8 heteroatoms. The summed E-state index contributed by atoms with van der Waals surface area (Å²) in [6, 6.07) is 14.3. The Kier molecular flexibility index (Phi) is 4.88. The van der Waals surface area contributed by atoms with Crippen LogP contribution in [-0.2, 0) is 0 Å². The lowest BCUT2D eigenvalue weighted by molar-refractivity contribution is 0.947. The first-order valence-electron chi connectivity index (χ1n) is 6.90. The van der Waals surface area contributed by atoms with Crippen molar-refractivity contribution in [1.82, 2.24) is 15.2 Å². The first-order chi connectivity index (χ1) is 11.6. The Morgan fingerprint density at radius 2 is 1.83 bits per heavy atom. The summed E-state index contributed by atoms with van der Waals surface area (Å²) in [5.74, 6) is 0.120. The van der Waals surface area contributed by atoms with Crippen molar-refractivity contribution in [2.45, 2.75) is 0 Å². The summed E-state index contributed by atoms with van der Waals surface area (Å²) in [6.45, 7) is 0. The largest absolute Gasteiger partial charge is 0.288 e. The molecular weight excluding hydrogens is 349 g/mol. The Balaban J connectivity index is 1.77. The number of halogens is 2. The lowest BCUT2D eigenvalue weighted by Gasteiger charge is -2.02. The quantitative estimate of drug-likeness (QED) is 0.550. The molecule has 0 aliphatic rings. The number of aromatic amines is 1. The number of hydrogen-bond acceptors (Lipinski definition) is 5. The Labute approximate surface area is 147 Å². The zero-order valence-corrected chi connectivity index (χ0v) is 13.7. The van der Waals surface area contributed by atoms with Gasteiger partial charge in [0.15, 0.2) is 5.69 Å². The van der Waals surface area contributed by atoms with E-state index in [1.165, 1.54) is 6.21 Å². The maximum Gasteiger partial charge on any atom is 0.279 e. The topological polar surface area (TPSA) is 83.0 Å². The van der Waals surface area contributed by atoms with Gasteiger partial charge < -0.3 is 0 Å². The Morgan fingerprint density at radius 3 is 2.58 bits per heavy atom. The predicted molar refractivity (Wildman–Crippen MR) is 95.8 cm³/mol. The molecule has 0 saturated carbocycles. The molecule has 0 aliphatic carbocycles. The summed E-state index contributed by atoms with van der Waals surface area (Å²) in [5.41, 5.74) is 3.79. The molecule has 3 aromatic rings. The second-order valence-electron chi connectivity index (χ2n) is 4.73. The van der Waals surface area contributed by atoms with Crippen LogP contribution in [0.5, 0.6) is 0 Å². The number of nitrogens with zero attached hydrogens (tertiary/aromatic N) is 3. The predicted octanol–water partition coefficient (Wildman–Crippen LogP) is 3.58. The zero-order valence-electron chi connectivity index (χ0n) is 12.2. The number of rotatable bonds is 4. The molecule has 0 aliphatic heterocycles. The van der Waals surface area contributed by atoms with E-state index in [2.05, 4.69) is 25.7 Å². The summed E-state index contributed by atoms with van der Waals surface area (Å²) < 4.78 is 0. The van der Waals surface area contributed by atoms with Gasteiger partial charge in [-0.3, -0.25) is 9.78 Å². The lowest BCUT2D eigenvalue weighted by Crippen LogP contribution is -2.15. The van der Waals surface area contributed by atoms with Gasteiger partial charge in [0.1, 0.15) is 0 Å². The number of benzene rings is 2. The van der Waals surface area contributed by atoms with Crippen LogP contribution in [-0.4, -0.2) is 21.4 Å². The van der Waals surface area contributed by atoms with Gasteiger partial charge >= 0.3 is 0 Å². The average Bonchev–Trinajstić information content (AvgIpc) is 2.59.